The van der Waals surface area contributed by atoms with E-state index in [4.69, 9.17) is 11.6 Å². The fourth-order valence-corrected chi connectivity index (χ4v) is 9.14. The SMILES string of the molecule is CC(CCl)[C@H](C)CC[C@@H](C)[C@H]1CC[C@H]2[C@@H]3CC=C4CCCC[C@]4(C)[C@H]3CC[C@]12C. The first kappa shape index (κ1) is 22.2. The van der Waals surface area contributed by atoms with E-state index < -0.39 is 0 Å². The lowest BCUT2D eigenvalue weighted by molar-refractivity contribution is -0.0502. The van der Waals surface area contributed by atoms with E-state index in [-0.39, 0.29) is 0 Å². The van der Waals surface area contributed by atoms with Gasteiger partial charge in [0.2, 0.25) is 0 Å². The molecule has 1 heteroatoms. The average molecular weight is 419 g/mol. The predicted molar refractivity (Wildman–Crippen MR) is 127 cm³/mol. The molecule has 3 fully saturated rings. The maximum absolute atomic E-state index is 6.12. The molecule has 1 unspecified atom stereocenters. The van der Waals surface area contributed by atoms with Crippen molar-refractivity contribution in [3.05, 3.63) is 11.6 Å². The van der Waals surface area contributed by atoms with Gasteiger partial charge < -0.3 is 0 Å². The highest BCUT2D eigenvalue weighted by Gasteiger charge is 2.58. The van der Waals surface area contributed by atoms with Crippen LogP contribution in [0.2, 0.25) is 0 Å². The summed E-state index contributed by atoms with van der Waals surface area (Å²) < 4.78 is 0. The van der Waals surface area contributed by atoms with Gasteiger partial charge in [-0.25, -0.2) is 0 Å². The third kappa shape index (κ3) is 3.76. The van der Waals surface area contributed by atoms with Crippen LogP contribution in [0, 0.1) is 52.3 Å². The number of hydrogen-bond donors (Lipinski definition) is 0. The third-order valence-electron chi connectivity index (χ3n) is 11.1. The summed E-state index contributed by atoms with van der Waals surface area (Å²) in [5, 5.41) is 0. The second kappa shape index (κ2) is 8.52. The Morgan fingerprint density at radius 2 is 1.76 bits per heavy atom. The second-order valence-corrected chi connectivity index (χ2v) is 12.7. The highest BCUT2D eigenvalue weighted by atomic mass is 35.5. The first-order chi connectivity index (χ1) is 13.8. The minimum absolute atomic E-state index is 0.555. The molecular formula is C28H47Cl. The standard InChI is InChI=1S/C28H47Cl/c1-19(21(3)18-29)9-10-20(2)24-13-14-25-23-12-11-22-8-6-7-16-27(22,4)26(23)15-17-28(24,25)5/h11,19-21,23-26H,6-10,12-18H2,1-5H3/t19-,20-,21?,23+,24-,25+,26+,27+,28-/m1/s1. The zero-order chi connectivity index (χ0) is 20.8. The van der Waals surface area contributed by atoms with Crippen molar-refractivity contribution >= 4 is 11.6 Å². The Labute approximate surface area is 186 Å². The van der Waals surface area contributed by atoms with Crippen molar-refractivity contribution in [3.8, 4) is 0 Å². The molecule has 9 atom stereocenters. The van der Waals surface area contributed by atoms with Gasteiger partial charge in [-0.05, 0) is 104 Å². The number of fused-ring (bicyclic) bond motifs is 5. The summed E-state index contributed by atoms with van der Waals surface area (Å²) in [6.07, 6.45) is 18.7. The topological polar surface area (TPSA) is 0 Å². The van der Waals surface area contributed by atoms with Crippen molar-refractivity contribution in [1.82, 2.24) is 0 Å². The summed E-state index contributed by atoms with van der Waals surface area (Å²) in [7, 11) is 0. The van der Waals surface area contributed by atoms with E-state index in [0.717, 1.165) is 41.4 Å². The number of allylic oxidation sites excluding steroid dienone is 2. The maximum atomic E-state index is 6.12. The fraction of sp³-hybridized carbons (Fsp3) is 0.929. The number of halogens is 1. The number of rotatable bonds is 6. The van der Waals surface area contributed by atoms with E-state index in [9.17, 15) is 0 Å². The summed E-state index contributed by atoms with van der Waals surface area (Å²) in [6, 6.07) is 0. The van der Waals surface area contributed by atoms with Crippen LogP contribution in [0.25, 0.3) is 0 Å². The largest absolute Gasteiger partial charge is 0.126 e. The molecule has 4 aliphatic carbocycles. The van der Waals surface area contributed by atoms with Crippen molar-refractivity contribution < 1.29 is 0 Å². The molecule has 3 saturated carbocycles. The number of hydrogen-bond acceptors (Lipinski definition) is 0. The summed E-state index contributed by atoms with van der Waals surface area (Å²) in [5.41, 5.74) is 3.02. The molecule has 4 aliphatic rings. The quantitative estimate of drug-likeness (QED) is 0.298. The van der Waals surface area contributed by atoms with E-state index in [1.54, 1.807) is 0 Å². The van der Waals surface area contributed by atoms with E-state index in [2.05, 4.69) is 40.7 Å². The lowest BCUT2D eigenvalue weighted by Gasteiger charge is -2.58. The van der Waals surface area contributed by atoms with Crippen molar-refractivity contribution in [2.45, 2.75) is 105 Å². The molecule has 166 valence electrons. The van der Waals surface area contributed by atoms with Gasteiger partial charge in [-0.1, -0.05) is 65.5 Å². The van der Waals surface area contributed by atoms with Crippen molar-refractivity contribution in [3.63, 3.8) is 0 Å². The van der Waals surface area contributed by atoms with Crippen LogP contribution < -0.4 is 0 Å². The van der Waals surface area contributed by atoms with Crippen LogP contribution in [-0.4, -0.2) is 5.88 Å². The van der Waals surface area contributed by atoms with Crippen molar-refractivity contribution in [1.29, 1.82) is 0 Å². The molecule has 0 N–H and O–H groups in total. The molecule has 0 aromatic carbocycles. The molecule has 0 amide bonds. The highest BCUT2D eigenvalue weighted by Crippen LogP contribution is 2.67. The lowest BCUT2D eigenvalue weighted by atomic mass is 9.47. The van der Waals surface area contributed by atoms with Gasteiger partial charge in [-0.15, -0.1) is 11.6 Å². The van der Waals surface area contributed by atoms with Crippen LogP contribution >= 0.6 is 11.6 Å². The van der Waals surface area contributed by atoms with Gasteiger partial charge in [0.1, 0.15) is 0 Å². The molecule has 0 heterocycles. The molecule has 0 nitrogen and oxygen atoms in total. The van der Waals surface area contributed by atoms with Crippen molar-refractivity contribution in [2.75, 3.05) is 5.88 Å². The zero-order valence-electron chi connectivity index (χ0n) is 20.0. The Morgan fingerprint density at radius 3 is 2.52 bits per heavy atom. The van der Waals surface area contributed by atoms with Crippen molar-refractivity contribution in [2.24, 2.45) is 52.3 Å². The molecule has 0 bridgehead atoms. The van der Waals surface area contributed by atoms with E-state index in [1.807, 2.05) is 5.57 Å². The van der Waals surface area contributed by atoms with Crippen LogP contribution in [0.3, 0.4) is 0 Å². The Bertz CT molecular complexity index is 607. The Hall–Kier alpha value is 0.0300. The summed E-state index contributed by atoms with van der Waals surface area (Å²) >= 11 is 6.12. The van der Waals surface area contributed by atoms with Gasteiger partial charge in [0, 0.05) is 5.88 Å². The predicted octanol–water partition coefficient (Wildman–Crippen LogP) is 8.88. The van der Waals surface area contributed by atoms with Gasteiger partial charge in [-0.3, -0.25) is 0 Å². The summed E-state index contributed by atoms with van der Waals surface area (Å²) in [5.74, 6) is 7.03. The molecule has 4 rings (SSSR count). The first-order valence-electron chi connectivity index (χ1n) is 13.1. The van der Waals surface area contributed by atoms with Gasteiger partial charge in [0.15, 0.2) is 0 Å². The molecule has 29 heavy (non-hydrogen) atoms. The molecular weight excluding hydrogens is 372 g/mol. The van der Waals surface area contributed by atoms with Gasteiger partial charge in [-0.2, -0.15) is 0 Å². The lowest BCUT2D eigenvalue weighted by Crippen LogP contribution is -2.50. The van der Waals surface area contributed by atoms with E-state index in [0.29, 0.717) is 16.7 Å². The van der Waals surface area contributed by atoms with Crippen LogP contribution in [-0.2, 0) is 0 Å². The van der Waals surface area contributed by atoms with Gasteiger partial charge in [0.05, 0.1) is 0 Å². The molecule has 0 saturated heterocycles. The highest BCUT2D eigenvalue weighted by molar-refractivity contribution is 6.18. The Kier molecular flexibility index (Phi) is 6.53. The zero-order valence-corrected chi connectivity index (χ0v) is 20.7. The smallest absolute Gasteiger partial charge is 0.0251 e. The third-order valence-corrected chi connectivity index (χ3v) is 11.6. The maximum Gasteiger partial charge on any atom is 0.0251 e. The minimum Gasteiger partial charge on any atom is -0.126 e. The monoisotopic (exact) mass is 418 g/mol. The van der Waals surface area contributed by atoms with Crippen LogP contribution in [0.4, 0.5) is 0 Å². The summed E-state index contributed by atoms with van der Waals surface area (Å²) in [6.45, 7) is 12.7. The second-order valence-electron chi connectivity index (χ2n) is 12.4. The number of alkyl halides is 1. The van der Waals surface area contributed by atoms with Gasteiger partial charge >= 0.3 is 0 Å². The van der Waals surface area contributed by atoms with Gasteiger partial charge in [0.25, 0.3) is 0 Å². The molecule has 0 spiro atoms. The Morgan fingerprint density at radius 1 is 0.966 bits per heavy atom. The first-order valence-corrected chi connectivity index (χ1v) is 13.6. The van der Waals surface area contributed by atoms with Crippen LogP contribution in [0.1, 0.15) is 105 Å². The molecule has 0 aromatic rings. The Balaban J connectivity index is 1.46. The molecule has 0 aromatic heterocycles. The van der Waals surface area contributed by atoms with E-state index in [1.165, 1.54) is 70.6 Å². The average Bonchev–Trinajstić information content (AvgIpc) is 3.08. The van der Waals surface area contributed by atoms with E-state index >= 15 is 0 Å². The van der Waals surface area contributed by atoms with Crippen LogP contribution in [0.5, 0.6) is 0 Å². The molecule has 0 aliphatic heterocycles. The summed E-state index contributed by atoms with van der Waals surface area (Å²) in [4.78, 5) is 0. The minimum atomic E-state index is 0.555. The fourth-order valence-electron chi connectivity index (χ4n) is 8.84. The molecule has 0 radical (unpaired) electrons. The van der Waals surface area contributed by atoms with Crippen LogP contribution in [0.15, 0.2) is 11.6 Å². The normalized spacial score (nSPS) is 44.8.